The third kappa shape index (κ3) is 4.91. The summed E-state index contributed by atoms with van der Waals surface area (Å²) >= 11 is 0. The zero-order valence-electron chi connectivity index (χ0n) is 15.2. The molecule has 0 unspecified atom stereocenters. The van der Waals surface area contributed by atoms with E-state index in [1.807, 2.05) is 36.4 Å². The number of nitrogens with two attached hydrogens (primary N) is 1. The number of amides is 1. The van der Waals surface area contributed by atoms with Crippen molar-refractivity contribution in [2.45, 2.75) is 44.6 Å². The molecule has 1 amide bonds. The van der Waals surface area contributed by atoms with Crippen LogP contribution in [0.2, 0.25) is 0 Å². The number of benzene rings is 1. The van der Waals surface area contributed by atoms with E-state index in [2.05, 4.69) is 11.4 Å². The number of carbonyl (C=O) groups is 1. The largest absolute Gasteiger partial charge is 0.497 e. The number of nitrogens with one attached hydrogen (secondary N) is 1. The van der Waals surface area contributed by atoms with Gasteiger partial charge in [-0.2, -0.15) is 0 Å². The van der Waals surface area contributed by atoms with E-state index in [9.17, 15) is 4.79 Å². The van der Waals surface area contributed by atoms with Crippen LogP contribution in [0.4, 0.5) is 4.79 Å². The second kappa shape index (κ2) is 8.61. The maximum Gasteiger partial charge on any atom is 0.411 e. The highest BCUT2D eigenvalue weighted by Gasteiger charge is 2.19. The summed E-state index contributed by atoms with van der Waals surface area (Å²) in [6.07, 6.45) is 11.5. The van der Waals surface area contributed by atoms with Crippen LogP contribution in [0.3, 0.4) is 0 Å². The number of ether oxygens (including phenoxy) is 2. The van der Waals surface area contributed by atoms with Crippen LogP contribution < -0.4 is 15.8 Å². The number of hydrogen-bond acceptors (Lipinski definition) is 4. The lowest BCUT2D eigenvalue weighted by atomic mass is 9.98. The molecule has 2 aliphatic carbocycles. The Bertz CT molecular complexity index is 726. The summed E-state index contributed by atoms with van der Waals surface area (Å²) in [4.78, 5) is 12.1. The van der Waals surface area contributed by atoms with E-state index in [0.717, 1.165) is 42.6 Å². The maximum atomic E-state index is 12.1. The minimum Gasteiger partial charge on any atom is -0.497 e. The van der Waals surface area contributed by atoms with E-state index >= 15 is 0 Å². The summed E-state index contributed by atoms with van der Waals surface area (Å²) < 4.78 is 10.7. The molecular formula is C21H26N2O3. The van der Waals surface area contributed by atoms with Gasteiger partial charge in [-0.25, -0.2) is 4.79 Å². The van der Waals surface area contributed by atoms with E-state index in [1.165, 1.54) is 6.42 Å². The SMILES string of the molecule is COc1ccc(C=C2C=CC(NC(=O)OC3CCCCC3)=C(N)C2)cc1. The molecule has 0 saturated heterocycles. The van der Waals surface area contributed by atoms with E-state index in [0.29, 0.717) is 17.8 Å². The van der Waals surface area contributed by atoms with Crippen LogP contribution in [0.25, 0.3) is 6.08 Å². The van der Waals surface area contributed by atoms with Crippen molar-refractivity contribution in [2.24, 2.45) is 5.73 Å². The second-order valence-electron chi connectivity index (χ2n) is 6.73. The van der Waals surface area contributed by atoms with Gasteiger partial charge in [0.25, 0.3) is 0 Å². The van der Waals surface area contributed by atoms with Crippen LogP contribution >= 0.6 is 0 Å². The van der Waals surface area contributed by atoms with Crippen LogP contribution in [0, 0.1) is 0 Å². The van der Waals surface area contributed by atoms with Crippen molar-refractivity contribution in [1.29, 1.82) is 0 Å². The predicted molar refractivity (Wildman–Crippen MR) is 102 cm³/mol. The quantitative estimate of drug-likeness (QED) is 0.847. The zero-order valence-corrected chi connectivity index (χ0v) is 15.2. The summed E-state index contributed by atoms with van der Waals surface area (Å²) in [5.74, 6) is 0.828. The first kappa shape index (κ1) is 18.1. The lowest BCUT2D eigenvalue weighted by molar-refractivity contribution is 0.0774. The molecule has 1 aromatic carbocycles. The van der Waals surface area contributed by atoms with Gasteiger partial charge in [0.15, 0.2) is 0 Å². The molecule has 3 N–H and O–H groups in total. The molecule has 0 atom stereocenters. The first-order chi connectivity index (χ1) is 12.6. The molecule has 5 heteroatoms. The third-order valence-electron chi connectivity index (χ3n) is 4.74. The van der Waals surface area contributed by atoms with Gasteiger partial charge in [-0.3, -0.25) is 5.32 Å². The lowest BCUT2D eigenvalue weighted by Crippen LogP contribution is -2.31. The molecule has 0 spiro atoms. The minimum atomic E-state index is -0.415. The predicted octanol–water partition coefficient (Wildman–Crippen LogP) is 4.27. The van der Waals surface area contributed by atoms with Crippen molar-refractivity contribution < 1.29 is 14.3 Å². The summed E-state index contributed by atoms with van der Waals surface area (Å²) in [6.45, 7) is 0. The molecule has 1 saturated carbocycles. The molecule has 0 radical (unpaired) electrons. The highest BCUT2D eigenvalue weighted by Crippen LogP contribution is 2.23. The Morgan fingerprint density at radius 3 is 2.54 bits per heavy atom. The number of hydrogen-bond donors (Lipinski definition) is 2. The number of rotatable bonds is 4. The van der Waals surface area contributed by atoms with Gasteiger partial charge >= 0.3 is 6.09 Å². The third-order valence-corrected chi connectivity index (χ3v) is 4.74. The first-order valence-electron chi connectivity index (χ1n) is 9.13. The normalized spacial score (nSPS) is 19.5. The van der Waals surface area contributed by atoms with Crippen molar-refractivity contribution in [2.75, 3.05) is 7.11 Å². The Hall–Kier alpha value is -2.69. The second-order valence-corrected chi connectivity index (χ2v) is 6.73. The van der Waals surface area contributed by atoms with E-state index < -0.39 is 6.09 Å². The van der Waals surface area contributed by atoms with Gasteiger partial charge in [-0.15, -0.1) is 0 Å². The standard InChI is InChI=1S/C21H26N2O3/c1-25-17-10-7-15(8-11-17)13-16-9-12-20(19(22)14-16)23-21(24)26-18-5-3-2-4-6-18/h7-13,18H,2-6,14,22H2,1H3,(H,23,24). The van der Waals surface area contributed by atoms with Gasteiger partial charge in [-0.05, 0) is 55.0 Å². The lowest BCUT2D eigenvalue weighted by Gasteiger charge is -2.23. The molecule has 2 aliphatic rings. The Labute approximate surface area is 154 Å². The summed E-state index contributed by atoms with van der Waals surface area (Å²) in [7, 11) is 1.65. The van der Waals surface area contributed by atoms with Gasteiger partial charge in [0, 0.05) is 12.1 Å². The molecule has 5 nitrogen and oxygen atoms in total. The van der Waals surface area contributed by atoms with E-state index in [-0.39, 0.29) is 6.10 Å². The van der Waals surface area contributed by atoms with Gasteiger partial charge < -0.3 is 15.2 Å². The number of alkyl carbamates (subject to hydrolysis) is 1. The summed E-state index contributed by atoms with van der Waals surface area (Å²) in [5, 5.41) is 2.78. The molecule has 138 valence electrons. The van der Waals surface area contributed by atoms with Gasteiger partial charge in [0.2, 0.25) is 0 Å². The summed E-state index contributed by atoms with van der Waals surface area (Å²) in [6, 6.07) is 7.84. The van der Waals surface area contributed by atoms with Gasteiger partial charge in [-0.1, -0.05) is 30.7 Å². The molecule has 1 fully saturated rings. The number of methoxy groups -OCH3 is 1. The maximum absolute atomic E-state index is 12.1. The number of allylic oxidation sites excluding steroid dienone is 3. The van der Waals surface area contributed by atoms with Gasteiger partial charge in [0.05, 0.1) is 12.8 Å². The van der Waals surface area contributed by atoms with Crippen molar-refractivity contribution in [3.05, 3.63) is 58.9 Å². The van der Waals surface area contributed by atoms with Crippen molar-refractivity contribution in [1.82, 2.24) is 5.32 Å². The average molecular weight is 354 g/mol. The van der Waals surface area contributed by atoms with Crippen LogP contribution in [0.5, 0.6) is 5.75 Å². The first-order valence-corrected chi connectivity index (χ1v) is 9.13. The Morgan fingerprint density at radius 1 is 1.15 bits per heavy atom. The van der Waals surface area contributed by atoms with Crippen LogP contribution in [0.1, 0.15) is 44.1 Å². The minimum absolute atomic E-state index is 0.0312. The van der Waals surface area contributed by atoms with Crippen LogP contribution in [-0.4, -0.2) is 19.3 Å². The fourth-order valence-corrected chi connectivity index (χ4v) is 3.28. The monoisotopic (exact) mass is 354 g/mol. The fourth-order valence-electron chi connectivity index (χ4n) is 3.28. The number of carbonyl (C=O) groups excluding carboxylic acids is 1. The topological polar surface area (TPSA) is 73.6 Å². The Morgan fingerprint density at radius 2 is 1.88 bits per heavy atom. The van der Waals surface area contributed by atoms with Crippen LogP contribution in [0.15, 0.2) is 53.4 Å². The van der Waals surface area contributed by atoms with Crippen molar-refractivity contribution in [3.8, 4) is 5.75 Å². The molecular weight excluding hydrogens is 328 g/mol. The van der Waals surface area contributed by atoms with Crippen molar-refractivity contribution in [3.63, 3.8) is 0 Å². The van der Waals surface area contributed by atoms with Crippen LogP contribution in [-0.2, 0) is 4.74 Å². The Balaban J connectivity index is 1.57. The zero-order chi connectivity index (χ0) is 18.4. The van der Waals surface area contributed by atoms with E-state index in [1.54, 1.807) is 7.11 Å². The molecule has 0 heterocycles. The molecule has 0 aliphatic heterocycles. The molecule has 1 aromatic rings. The summed E-state index contributed by atoms with van der Waals surface area (Å²) in [5.41, 5.74) is 9.56. The Kier molecular flexibility index (Phi) is 6.00. The van der Waals surface area contributed by atoms with Gasteiger partial charge in [0.1, 0.15) is 11.9 Å². The molecule has 3 rings (SSSR count). The van der Waals surface area contributed by atoms with E-state index in [4.69, 9.17) is 15.2 Å². The fraction of sp³-hybridized carbons (Fsp3) is 0.381. The average Bonchev–Trinajstić information content (AvgIpc) is 2.65. The highest BCUT2D eigenvalue weighted by molar-refractivity contribution is 5.71. The molecule has 0 bridgehead atoms. The highest BCUT2D eigenvalue weighted by atomic mass is 16.6. The van der Waals surface area contributed by atoms with Crippen molar-refractivity contribution >= 4 is 12.2 Å². The molecule has 26 heavy (non-hydrogen) atoms. The molecule has 0 aromatic heterocycles. The smallest absolute Gasteiger partial charge is 0.411 e.